The zero-order valence-corrected chi connectivity index (χ0v) is 12.3. The first-order valence-corrected chi connectivity index (χ1v) is 6.95. The van der Waals surface area contributed by atoms with Gasteiger partial charge in [0.25, 0.3) is 0 Å². The van der Waals surface area contributed by atoms with E-state index < -0.39 is 11.7 Å². The normalized spacial score (nSPS) is 24.6. The zero-order valence-electron chi connectivity index (χ0n) is 10.8. The van der Waals surface area contributed by atoms with E-state index in [0.29, 0.717) is 17.6 Å². The largest absolute Gasteiger partial charge is 0.418 e. The molecule has 1 fully saturated rings. The fourth-order valence-corrected chi connectivity index (χ4v) is 2.70. The molecule has 1 aliphatic heterocycles. The molecule has 1 aromatic rings. The van der Waals surface area contributed by atoms with Crippen LogP contribution in [0.3, 0.4) is 0 Å². The second-order valence-corrected chi connectivity index (χ2v) is 5.89. The van der Waals surface area contributed by atoms with E-state index in [-0.39, 0.29) is 17.8 Å². The smallest absolute Gasteiger partial charge is 0.366 e. The molecule has 0 amide bonds. The Kier molecular flexibility index (Phi) is 4.11. The Bertz CT molecular complexity index is 462. The molecular formula is C13H16BrF3N2. The van der Waals surface area contributed by atoms with Crippen molar-refractivity contribution in [1.82, 2.24) is 5.32 Å². The molecule has 1 aliphatic rings. The minimum absolute atomic E-state index is 0.0403. The lowest BCUT2D eigenvalue weighted by Gasteiger charge is -2.40. The van der Waals surface area contributed by atoms with Crippen LogP contribution in [0.2, 0.25) is 0 Å². The highest BCUT2D eigenvalue weighted by Gasteiger charge is 2.36. The van der Waals surface area contributed by atoms with Crippen molar-refractivity contribution in [3.8, 4) is 0 Å². The number of nitrogens with one attached hydrogen (secondary N) is 1. The van der Waals surface area contributed by atoms with Crippen LogP contribution in [-0.4, -0.2) is 25.2 Å². The summed E-state index contributed by atoms with van der Waals surface area (Å²) >= 11 is 3.11. The number of anilines is 1. The summed E-state index contributed by atoms with van der Waals surface area (Å²) in [7, 11) is 0. The number of benzene rings is 1. The SMILES string of the molecule is CC1CN(c2ccc(Br)cc2C(F)(F)F)C(C)CN1. The molecule has 0 radical (unpaired) electrons. The van der Waals surface area contributed by atoms with Gasteiger partial charge >= 0.3 is 6.18 Å². The monoisotopic (exact) mass is 336 g/mol. The van der Waals surface area contributed by atoms with Gasteiger partial charge in [-0.1, -0.05) is 15.9 Å². The molecule has 2 unspecified atom stereocenters. The molecule has 19 heavy (non-hydrogen) atoms. The van der Waals surface area contributed by atoms with Gasteiger partial charge in [0.05, 0.1) is 5.56 Å². The Morgan fingerprint density at radius 1 is 1.32 bits per heavy atom. The number of nitrogens with zero attached hydrogens (tertiary/aromatic N) is 1. The van der Waals surface area contributed by atoms with Gasteiger partial charge in [-0.05, 0) is 32.0 Å². The lowest BCUT2D eigenvalue weighted by atomic mass is 10.1. The lowest BCUT2D eigenvalue weighted by molar-refractivity contribution is -0.137. The molecular weight excluding hydrogens is 321 g/mol. The molecule has 2 atom stereocenters. The molecule has 0 saturated carbocycles. The Balaban J connectivity index is 2.43. The van der Waals surface area contributed by atoms with E-state index in [4.69, 9.17) is 0 Å². The first kappa shape index (κ1) is 14.7. The van der Waals surface area contributed by atoms with Crippen LogP contribution >= 0.6 is 15.9 Å². The van der Waals surface area contributed by atoms with Crippen LogP contribution in [0.15, 0.2) is 22.7 Å². The second-order valence-electron chi connectivity index (χ2n) is 4.97. The summed E-state index contributed by atoms with van der Waals surface area (Å²) in [5.41, 5.74) is -0.320. The van der Waals surface area contributed by atoms with Crippen LogP contribution in [0.25, 0.3) is 0 Å². The van der Waals surface area contributed by atoms with Crippen molar-refractivity contribution >= 4 is 21.6 Å². The average molecular weight is 337 g/mol. The molecule has 2 rings (SSSR count). The van der Waals surface area contributed by atoms with Gasteiger partial charge < -0.3 is 10.2 Å². The highest BCUT2D eigenvalue weighted by Crippen LogP contribution is 2.39. The zero-order chi connectivity index (χ0) is 14.2. The van der Waals surface area contributed by atoms with E-state index in [1.54, 1.807) is 12.1 Å². The number of hydrogen-bond acceptors (Lipinski definition) is 2. The van der Waals surface area contributed by atoms with Crippen LogP contribution < -0.4 is 10.2 Å². The van der Waals surface area contributed by atoms with Crippen molar-refractivity contribution in [1.29, 1.82) is 0 Å². The van der Waals surface area contributed by atoms with Crippen LogP contribution in [0.1, 0.15) is 19.4 Å². The molecule has 1 saturated heterocycles. The molecule has 0 spiro atoms. The summed E-state index contributed by atoms with van der Waals surface area (Å²) < 4.78 is 39.9. The molecule has 1 aromatic carbocycles. The molecule has 6 heteroatoms. The van der Waals surface area contributed by atoms with E-state index in [9.17, 15) is 13.2 Å². The van der Waals surface area contributed by atoms with Gasteiger partial charge in [0.15, 0.2) is 0 Å². The number of halogens is 4. The molecule has 1 N–H and O–H groups in total. The summed E-state index contributed by atoms with van der Waals surface area (Å²) in [5, 5.41) is 3.27. The Labute approximate surface area is 119 Å². The summed E-state index contributed by atoms with van der Waals surface area (Å²) in [4.78, 5) is 1.83. The van der Waals surface area contributed by atoms with Gasteiger partial charge in [-0.15, -0.1) is 0 Å². The minimum Gasteiger partial charge on any atom is -0.366 e. The van der Waals surface area contributed by atoms with Gasteiger partial charge in [0, 0.05) is 35.3 Å². The highest BCUT2D eigenvalue weighted by atomic mass is 79.9. The first-order chi connectivity index (χ1) is 8.79. The third-order valence-corrected chi connectivity index (χ3v) is 3.83. The molecule has 0 aromatic heterocycles. The summed E-state index contributed by atoms with van der Waals surface area (Å²) in [6.45, 7) is 5.17. The highest BCUT2D eigenvalue weighted by molar-refractivity contribution is 9.10. The molecule has 106 valence electrons. The predicted molar refractivity (Wildman–Crippen MR) is 73.4 cm³/mol. The minimum atomic E-state index is -4.34. The van der Waals surface area contributed by atoms with Gasteiger partial charge in [-0.3, -0.25) is 0 Å². The fourth-order valence-electron chi connectivity index (χ4n) is 2.34. The second kappa shape index (κ2) is 5.32. The van der Waals surface area contributed by atoms with E-state index in [2.05, 4.69) is 21.2 Å². The number of alkyl halides is 3. The Morgan fingerprint density at radius 2 is 2.00 bits per heavy atom. The number of piperazine rings is 1. The van der Waals surface area contributed by atoms with Crippen LogP contribution in [0.4, 0.5) is 18.9 Å². The van der Waals surface area contributed by atoms with Crippen molar-refractivity contribution in [3.63, 3.8) is 0 Å². The van der Waals surface area contributed by atoms with E-state index in [0.717, 1.165) is 6.07 Å². The van der Waals surface area contributed by atoms with Gasteiger partial charge in [-0.2, -0.15) is 13.2 Å². The van der Waals surface area contributed by atoms with E-state index in [1.165, 1.54) is 0 Å². The van der Waals surface area contributed by atoms with Gasteiger partial charge in [-0.25, -0.2) is 0 Å². The molecule has 2 nitrogen and oxygen atoms in total. The number of hydrogen-bond donors (Lipinski definition) is 1. The van der Waals surface area contributed by atoms with Crippen molar-refractivity contribution < 1.29 is 13.2 Å². The fraction of sp³-hybridized carbons (Fsp3) is 0.538. The first-order valence-electron chi connectivity index (χ1n) is 6.16. The van der Waals surface area contributed by atoms with E-state index >= 15 is 0 Å². The maximum atomic E-state index is 13.1. The Hall–Kier alpha value is -0.750. The summed E-state index contributed by atoms with van der Waals surface area (Å²) in [5.74, 6) is 0. The Morgan fingerprint density at radius 3 is 2.63 bits per heavy atom. The van der Waals surface area contributed by atoms with Crippen molar-refractivity contribution in [2.24, 2.45) is 0 Å². The third kappa shape index (κ3) is 3.23. The predicted octanol–water partition coefficient (Wildman–Crippen LogP) is 3.65. The molecule has 1 heterocycles. The van der Waals surface area contributed by atoms with Gasteiger partial charge in [0.1, 0.15) is 0 Å². The lowest BCUT2D eigenvalue weighted by Crippen LogP contribution is -2.54. The van der Waals surface area contributed by atoms with Crippen molar-refractivity contribution in [2.75, 3.05) is 18.0 Å². The standard InChI is InChI=1S/C13H16BrF3N2/c1-8-7-19(9(2)6-18-8)12-4-3-10(14)5-11(12)13(15,16)17/h3-5,8-9,18H,6-7H2,1-2H3. The maximum absolute atomic E-state index is 13.1. The summed E-state index contributed by atoms with van der Waals surface area (Å²) in [6, 6.07) is 4.57. The van der Waals surface area contributed by atoms with Crippen molar-refractivity contribution in [2.45, 2.75) is 32.1 Å². The quantitative estimate of drug-likeness (QED) is 0.842. The van der Waals surface area contributed by atoms with Crippen LogP contribution in [-0.2, 0) is 6.18 Å². The van der Waals surface area contributed by atoms with Crippen LogP contribution in [0.5, 0.6) is 0 Å². The van der Waals surface area contributed by atoms with Gasteiger partial charge in [0.2, 0.25) is 0 Å². The topological polar surface area (TPSA) is 15.3 Å². The molecule has 0 bridgehead atoms. The van der Waals surface area contributed by atoms with E-state index in [1.807, 2.05) is 18.7 Å². The third-order valence-electron chi connectivity index (χ3n) is 3.34. The maximum Gasteiger partial charge on any atom is 0.418 e. The van der Waals surface area contributed by atoms with Crippen LogP contribution in [0, 0.1) is 0 Å². The number of rotatable bonds is 1. The average Bonchev–Trinajstić information content (AvgIpc) is 2.31. The summed E-state index contributed by atoms with van der Waals surface area (Å²) in [6.07, 6.45) is -4.34. The molecule has 0 aliphatic carbocycles. The van der Waals surface area contributed by atoms with Crippen molar-refractivity contribution in [3.05, 3.63) is 28.2 Å².